The number of fused-ring (bicyclic) bond motifs is 1. The van der Waals surface area contributed by atoms with Gasteiger partial charge in [-0.1, -0.05) is 63.4 Å². The molecular formula is C27H40N3OP. The van der Waals surface area contributed by atoms with Crippen LogP contribution in [0.2, 0.25) is 0 Å². The molecule has 0 heterocycles. The van der Waals surface area contributed by atoms with Gasteiger partial charge in [-0.3, -0.25) is 4.79 Å². The second-order valence-electron chi connectivity index (χ2n) is 8.40. The topological polar surface area (TPSA) is 53.2 Å². The lowest BCUT2D eigenvalue weighted by Crippen LogP contribution is -2.42. The van der Waals surface area contributed by atoms with Crippen LogP contribution in [0.4, 0.5) is 5.69 Å². The molecule has 4 atom stereocenters. The number of carbonyl (C=O) groups excluding carboxylic acids is 1. The molecule has 0 saturated heterocycles. The molecule has 0 aliphatic carbocycles. The molecule has 0 aliphatic heterocycles. The first-order valence-electron chi connectivity index (χ1n) is 11.7. The average molecular weight is 454 g/mol. The number of hydrogen-bond acceptors (Lipinski definition) is 3. The first kappa shape index (κ1) is 25.9. The Morgan fingerprint density at radius 3 is 2.50 bits per heavy atom. The van der Waals surface area contributed by atoms with Gasteiger partial charge in [-0.25, -0.2) is 0 Å². The number of rotatable bonds is 14. The summed E-state index contributed by atoms with van der Waals surface area (Å²) in [5, 5.41) is 12.6. The van der Waals surface area contributed by atoms with E-state index in [0.29, 0.717) is 0 Å². The number of hydrogen-bond donors (Lipinski definition) is 3. The Balaban J connectivity index is 2.04. The zero-order valence-electron chi connectivity index (χ0n) is 20.1. The summed E-state index contributed by atoms with van der Waals surface area (Å²) < 4.78 is 0. The minimum Gasteiger partial charge on any atom is -0.386 e. The summed E-state index contributed by atoms with van der Waals surface area (Å²) in [5.41, 5.74) is 2.82. The maximum Gasteiger partial charge on any atom is 0.223 e. The van der Waals surface area contributed by atoms with Crippen molar-refractivity contribution in [3.05, 3.63) is 66.9 Å². The fourth-order valence-corrected chi connectivity index (χ4v) is 4.48. The number of amides is 1. The van der Waals surface area contributed by atoms with Gasteiger partial charge in [0.1, 0.15) is 0 Å². The Hall–Kier alpha value is -2.32. The Kier molecular flexibility index (Phi) is 10.8. The minimum absolute atomic E-state index is 0.0740. The van der Waals surface area contributed by atoms with Crippen molar-refractivity contribution < 1.29 is 4.79 Å². The van der Waals surface area contributed by atoms with Gasteiger partial charge in [0.2, 0.25) is 5.91 Å². The monoisotopic (exact) mass is 453 g/mol. The molecule has 2 aromatic rings. The van der Waals surface area contributed by atoms with Gasteiger partial charge in [0.05, 0.1) is 6.04 Å². The van der Waals surface area contributed by atoms with Gasteiger partial charge < -0.3 is 16.0 Å². The molecule has 3 unspecified atom stereocenters. The van der Waals surface area contributed by atoms with Gasteiger partial charge in [0, 0.05) is 35.3 Å². The minimum atomic E-state index is -0.103. The number of benzene rings is 2. The van der Waals surface area contributed by atoms with E-state index in [2.05, 4.69) is 85.2 Å². The van der Waals surface area contributed by atoms with Crippen LogP contribution in [0.5, 0.6) is 0 Å². The van der Waals surface area contributed by atoms with Crippen molar-refractivity contribution >= 4 is 30.9 Å². The highest BCUT2D eigenvalue weighted by Crippen LogP contribution is 2.25. The molecule has 32 heavy (non-hydrogen) atoms. The van der Waals surface area contributed by atoms with E-state index in [9.17, 15) is 4.79 Å². The van der Waals surface area contributed by atoms with E-state index in [1.165, 1.54) is 10.8 Å². The summed E-state index contributed by atoms with van der Waals surface area (Å²) in [6, 6.07) is 14.9. The summed E-state index contributed by atoms with van der Waals surface area (Å²) in [5.74, 6) is -0.0211. The maximum absolute atomic E-state index is 13.1. The molecule has 0 fully saturated rings. The summed E-state index contributed by atoms with van der Waals surface area (Å²) in [6.45, 7) is 17.5. The highest BCUT2D eigenvalue weighted by atomic mass is 31.1. The third-order valence-corrected chi connectivity index (χ3v) is 6.71. The molecule has 0 aromatic heterocycles. The van der Waals surface area contributed by atoms with Crippen molar-refractivity contribution in [1.82, 2.24) is 10.6 Å². The predicted molar refractivity (Wildman–Crippen MR) is 143 cm³/mol. The molecule has 5 heteroatoms. The summed E-state index contributed by atoms with van der Waals surface area (Å²) >= 11 is 0. The van der Waals surface area contributed by atoms with Gasteiger partial charge in [-0.05, 0) is 56.0 Å². The fourth-order valence-electron chi connectivity index (χ4n) is 3.91. The molecule has 0 radical (unpaired) electrons. The van der Waals surface area contributed by atoms with Crippen LogP contribution in [0, 0.1) is 5.92 Å². The van der Waals surface area contributed by atoms with E-state index in [4.69, 9.17) is 0 Å². The molecule has 2 rings (SSSR count). The average Bonchev–Trinajstić information content (AvgIpc) is 2.80. The van der Waals surface area contributed by atoms with Crippen LogP contribution in [0.15, 0.2) is 66.9 Å². The fraction of sp³-hybridized carbons (Fsp3) is 0.444. The molecule has 174 valence electrons. The zero-order valence-corrected chi connectivity index (χ0v) is 21.1. The summed E-state index contributed by atoms with van der Waals surface area (Å²) in [4.78, 5) is 13.1. The van der Waals surface area contributed by atoms with Gasteiger partial charge in [0.25, 0.3) is 0 Å². The quantitative estimate of drug-likeness (QED) is 0.246. The van der Waals surface area contributed by atoms with E-state index >= 15 is 0 Å². The molecule has 3 N–H and O–H groups in total. The predicted octanol–water partition coefficient (Wildman–Crippen LogP) is 5.92. The largest absolute Gasteiger partial charge is 0.386 e. The van der Waals surface area contributed by atoms with E-state index in [1.54, 1.807) is 0 Å². The van der Waals surface area contributed by atoms with Gasteiger partial charge in [0.15, 0.2) is 0 Å². The molecule has 0 saturated carbocycles. The van der Waals surface area contributed by atoms with E-state index in [1.807, 2.05) is 13.8 Å². The lowest BCUT2D eigenvalue weighted by atomic mass is 9.96. The smallest absolute Gasteiger partial charge is 0.223 e. The van der Waals surface area contributed by atoms with Crippen LogP contribution in [0.1, 0.15) is 40.0 Å². The van der Waals surface area contributed by atoms with Gasteiger partial charge >= 0.3 is 0 Å². The van der Waals surface area contributed by atoms with Gasteiger partial charge in [-0.2, -0.15) is 0 Å². The first-order valence-corrected chi connectivity index (χ1v) is 13.4. The number of nitrogens with one attached hydrogen (secondary N) is 3. The first-order chi connectivity index (χ1) is 15.4. The Labute approximate surface area is 196 Å². The highest BCUT2D eigenvalue weighted by Gasteiger charge is 2.23. The molecule has 2 aromatic carbocycles. The van der Waals surface area contributed by atoms with Crippen LogP contribution in [-0.2, 0) is 4.79 Å². The molecule has 1 amide bonds. The lowest BCUT2D eigenvalue weighted by molar-refractivity contribution is -0.125. The Bertz CT molecular complexity index is 905. The SMILES string of the molecule is C=C(NCC)C(=C)C(CCPC)NC(=O)C(C)C[C@H](CC)Nc1cccc2ccccc12. The van der Waals surface area contributed by atoms with E-state index < -0.39 is 0 Å². The second-order valence-corrected chi connectivity index (χ2v) is 9.61. The summed E-state index contributed by atoms with van der Waals surface area (Å²) in [6.07, 6.45) is 3.68. The van der Waals surface area contributed by atoms with Crippen LogP contribution < -0.4 is 16.0 Å². The molecular weight excluding hydrogens is 413 g/mol. The van der Waals surface area contributed by atoms with Crippen molar-refractivity contribution in [2.24, 2.45) is 5.92 Å². The van der Waals surface area contributed by atoms with Crippen LogP contribution in [0.3, 0.4) is 0 Å². The molecule has 0 bridgehead atoms. The maximum atomic E-state index is 13.1. The van der Waals surface area contributed by atoms with Crippen LogP contribution in [-0.4, -0.2) is 37.4 Å². The number of anilines is 1. The van der Waals surface area contributed by atoms with Crippen molar-refractivity contribution in [3.63, 3.8) is 0 Å². The van der Waals surface area contributed by atoms with Crippen LogP contribution in [0.25, 0.3) is 10.8 Å². The van der Waals surface area contributed by atoms with Crippen molar-refractivity contribution in [1.29, 1.82) is 0 Å². The van der Waals surface area contributed by atoms with Crippen molar-refractivity contribution in [2.75, 3.05) is 24.7 Å². The standard InChI is InChI=1S/C27H40N3OP/c1-7-23(29-26-15-11-13-22-12-9-10-14-24(22)26)18-19(3)27(31)30-25(16-17-32-6)20(4)21(5)28-8-2/h9-15,19,23,25,28-29,32H,4-5,7-8,16-18H2,1-3,6H3,(H,30,31)/t19?,23-,25?/m0/s1. The second kappa shape index (κ2) is 13.3. The molecule has 0 aliphatic rings. The van der Waals surface area contributed by atoms with Gasteiger partial charge in [-0.15, -0.1) is 8.58 Å². The third-order valence-electron chi connectivity index (χ3n) is 5.93. The van der Waals surface area contributed by atoms with Crippen LogP contribution >= 0.6 is 8.58 Å². The van der Waals surface area contributed by atoms with E-state index in [-0.39, 0.29) is 23.9 Å². The van der Waals surface area contributed by atoms with Crippen molar-refractivity contribution in [3.8, 4) is 0 Å². The highest BCUT2D eigenvalue weighted by molar-refractivity contribution is 7.36. The Morgan fingerprint density at radius 2 is 1.81 bits per heavy atom. The number of carbonyl (C=O) groups is 1. The Morgan fingerprint density at radius 1 is 1.09 bits per heavy atom. The van der Waals surface area contributed by atoms with E-state index in [0.717, 1.165) is 57.5 Å². The zero-order chi connectivity index (χ0) is 23.5. The third kappa shape index (κ3) is 7.38. The molecule has 4 nitrogen and oxygen atoms in total. The lowest BCUT2D eigenvalue weighted by Gasteiger charge is -2.27. The normalized spacial score (nSPS) is 14.1. The molecule has 0 spiro atoms. The summed E-state index contributed by atoms with van der Waals surface area (Å²) in [7, 11) is 0.848. The number of likely N-dealkylation sites (N-methyl/N-ethyl adjacent to an activating group) is 1. The van der Waals surface area contributed by atoms with Crippen molar-refractivity contribution in [2.45, 2.75) is 52.1 Å².